The summed E-state index contributed by atoms with van der Waals surface area (Å²) in [5, 5.41) is 2.90. The molecule has 0 amide bonds. The van der Waals surface area contributed by atoms with E-state index in [-0.39, 0.29) is 17.0 Å². The van der Waals surface area contributed by atoms with Gasteiger partial charge in [0.2, 0.25) is 0 Å². The van der Waals surface area contributed by atoms with Crippen LogP contribution in [0, 0.1) is 0 Å². The fourth-order valence-corrected chi connectivity index (χ4v) is 5.03. The molecule has 0 N–H and O–H groups in total. The molecule has 0 unspecified atom stereocenters. The van der Waals surface area contributed by atoms with E-state index in [4.69, 9.17) is 0 Å². The Morgan fingerprint density at radius 2 is 1.28 bits per heavy atom. The van der Waals surface area contributed by atoms with Crippen LogP contribution in [0.2, 0.25) is 0 Å². The Morgan fingerprint density at radius 1 is 0.889 bits per heavy atom. The summed E-state index contributed by atoms with van der Waals surface area (Å²) < 4.78 is 0. The molecule has 0 aliphatic heterocycles. The van der Waals surface area contributed by atoms with E-state index in [1.807, 2.05) is 6.08 Å². The van der Waals surface area contributed by atoms with Gasteiger partial charge in [-0.3, -0.25) is 0 Å². The third-order valence-electron chi connectivity index (χ3n) is 3.15. The molecule has 0 aliphatic carbocycles. The summed E-state index contributed by atoms with van der Waals surface area (Å²) in [5.41, 5.74) is 0. The van der Waals surface area contributed by atoms with E-state index in [1.54, 1.807) is 0 Å². The minimum atomic E-state index is -1.29. The van der Waals surface area contributed by atoms with Gasteiger partial charge < -0.3 is 17.0 Å². The molecule has 0 heterocycles. The molecule has 0 nitrogen and oxygen atoms in total. The highest BCUT2D eigenvalue weighted by molar-refractivity contribution is 7.89. The molecule has 2 rings (SSSR count). The molecule has 0 aromatic heterocycles. The Kier molecular flexibility index (Phi) is 5.78. The fourth-order valence-electron chi connectivity index (χ4n) is 2.13. The smallest absolute Gasteiger partial charge is 0.0992 e. The monoisotopic (exact) mass is 320 g/mol. The Bertz CT molecular complexity index is 439. The van der Waals surface area contributed by atoms with E-state index in [9.17, 15) is 0 Å². The van der Waals surface area contributed by atoms with Crippen molar-refractivity contribution in [3.05, 3.63) is 73.3 Å². The molecular formula is C16H18BrP. The van der Waals surface area contributed by atoms with Crippen LogP contribution >= 0.6 is 7.26 Å². The van der Waals surface area contributed by atoms with Crippen molar-refractivity contribution in [2.24, 2.45) is 0 Å². The summed E-state index contributed by atoms with van der Waals surface area (Å²) in [5.74, 6) is 0. The van der Waals surface area contributed by atoms with Gasteiger partial charge in [0.1, 0.15) is 0 Å². The van der Waals surface area contributed by atoms with Crippen LogP contribution in [0.1, 0.15) is 0 Å². The molecule has 2 aromatic rings. The van der Waals surface area contributed by atoms with E-state index in [1.165, 1.54) is 10.6 Å². The van der Waals surface area contributed by atoms with Gasteiger partial charge in [-0.05, 0) is 24.3 Å². The van der Waals surface area contributed by atoms with Gasteiger partial charge in [0.15, 0.2) is 0 Å². The van der Waals surface area contributed by atoms with Gasteiger partial charge in [-0.2, -0.15) is 0 Å². The normalized spacial score (nSPS) is 10.5. The minimum absolute atomic E-state index is 0. The van der Waals surface area contributed by atoms with Gasteiger partial charge in [-0.25, -0.2) is 0 Å². The standard InChI is InChI=1S/C16H18P.BrH/c1-3-14-17(2,15-10-6-4-7-11-15)16-12-8-5-9-13-16;/h3-13H,1,14H2,2H3;1H/q+1;/p-1. The second kappa shape index (κ2) is 6.87. The highest BCUT2D eigenvalue weighted by Gasteiger charge is 2.35. The Morgan fingerprint density at radius 3 is 1.61 bits per heavy atom. The van der Waals surface area contributed by atoms with Crippen LogP contribution in [0.15, 0.2) is 73.3 Å². The van der Waals surface area contributed by atoms with Crippen LogP contribution < -0.4 is 27.6 Å². The Labute approximate surface area is 121 Å². The van der Waals surface area contributed by atoms with Gasteiger partial charge in [0.25, 0.3) is 0 Å². The predicted octanol–water partition coefficient (Wildman–Crippen LogP) is 0.475. The molecule has 0 bridgehead atoms. The number of allylic oxidation sites excluding steroid dienone is 1. The van der Waals surface area contributed by atoms with Crippen LogP contribution in [0.25, 0.3) is 0 Å². The lowest BCUT2D eigenvalue weighted by molar-refractivity contribution is -0.00000343. The average molecular weight is 321 g/mol. The summed E-state index contributed by atoms with van der Waals surface area (Å²) in [7, 11) is -1.29. The van der Waals surface area contributed by atoms with E-state index in [2.05, 4.69) is 73.9 Å². The Balaban J connectivity index is 0.00000162. The minimum Gasteiger partial charge on any atom is -1.00 e. The summed E-state index contributed by atoms with van der Waals surface area (Å²) in [4.78, 5) is 0. The molecule has 94 valence electrons. The average Bonchev–Trinajstić information content (AvgIpc) is 2.41. The fraction of sp³-hybridized carbons (Fsp3) is 0.125. The molecular weight excluding hydrogens is 303 g/mol. The quantitative estimate of drug-likeness (QED) is 0.568. The second-order valence-electron chi connectivity index (χ2n) is 4.33. The van der Waals surface area contributed by atoms with E-state index < -0.39 is 7.26 Å². The van der Waals surface area contributed by atoms with E-state index in [0.717, 1.165) is 6.16 Å². The van der Waals surface area contributed by atoms with Crippen LogP contribution in [0.5, 0.6) is 0 Å². The molecule has 18 heavy (non-hydrogen) atoms. The number of rotatable bonds is 4. The van der Waals surface area contributed by atoms with Crippen molar-refractivity contribution in [1.29, 1.82) is 0 Å². The molecule has 0 saturated carbocycles. The summed E-state index contributed by atoms with van der Waals surface area (Å²) in [6, 6.07) is 21.6. The zero-order valence-electron chi connectivity index (χ0n) is 10.6. The van der Waals surface area contributed by atoms with Gasteiger partial charge >= 0.3 is 0 Å². The van der Waals surface area contributed by atoms with Gasteiger partial charge in [-0.15, -0.1) is 0 Å². The van der Waals surface area contributed by atoms with Crippen molar-refractivity contribution in [3.63, 3.8) is 0 Å². The van der Waals surface area contributed by atoms with Gasteiger partial charge in [0, 0.05) is 0 Å². The first-order chi connectivity index (χ1) is 8.27. The number of hydrogen-bond donors (Lipinski definition) is 0. The first-order valence-electron chi connectivity index (χ1n) is 5.85. The van der Waals surface area contributed by atoms with Crippen LogP contribution in [0.3, 0.4) is 0 Å². The largest absolute Gasteiger partial charge is 1.00 e. The SMILES string of the molecule is C=CC[P+](C)(c1ccccc1)c1ccccc1.[Br-]. The number of halogens is 1. The maximum absolute atomic E-state index is 3.92. The van der Waals surface area contributed by atoms with Crippen molar-refractivity contribution in [2.75, 3.05) is 12.8 Å². The second-order valence-corrected chi connectivity index (χ2v) is 8.11. The van der Waals surface area contributed by atoms with Crippen molar-refractivity contribution in [1.82, 2.24) is 0 Å². The van der Waals surface area contributed by atoms with Crippen molar-refractivity contribution >= 4 is 17.9 Å². The van der Waals surface area contributed by atoms with Crippen LogP contribution in [-0.2, 0) is 0 Å². The maximum atomic E-state index is 3.92. The lowest BCUT2D eigenvalue weighted by Gasteiger charge is -2.21. The molecule has 0 radical (unpaired) electrons. The topological polar surface area (TPSA) is 0 Å². The van der Waals surface area contributed by atoms with Crippen molar-refractivity contribution in [3.8, 4) is 0 Å². The van der Waals surface area contributed by atoms with Crippen LogP contribution in [0.4, 0.5) is 0 Å². The highest BCUT2D eigenvalue weighted by atomic mass is 79.9. The number of benzene rings is 2. The Hall–Kier alpha value is -0.910. The summed E-state index contributed by atoms with van der Waals surface area (Å²) in [6.07, 6.45) is 3.11. The maximum Gasteiger partial charge on any atom is 0.0992 e. The van der Waals surface area contributed by atoms with E-state index >= 15 is 0 Å². The molecule has 2 aromatic carbocycles. The predicted molar refractivity (Wildman–Crippen MR) is 80.1 cm³/mol. The summed E-state index contributed by atoms with van der Waals surface area (Å²) >= 11 is 0. The number of hydrogen-bond acceptors (Lipinski definition) is 0. The lowest BCUT2D eigenvalue weighted by atomic mass is 10.4. The van der Waals surface area contributed by atoms with Crippen molar-refractivity contribution < 1.29 is 17.0 Å². The highest BCUT2D eigenvalue weighted by Crippen LogP contribution is 2.52. The molecule has 0 fully saturated rings. The molecule has 0 atom stereocenters. The van der Waals surface area contributed by atoms with Crippen molar-refractivity contribution in [2.45, 2.75) is 0 Å². The van der Waals surface area contributed by atoms with Crippen LogP contribution in [-0.4, -0.2) is 12.8 Å². The third-order valence-corrected chi connectivity index (χ3v) is 7.01. The first kappa shape index (κ1) is 15.1. The third kappa shape index (κ3) is 3.10. The zero-order valence-corrected chi connectivity index (χ0v) is 13.1. The zero-order chi connectivity index (χ0) is 12.1. The summed E-state index contributed by atoms with van der Waals surface area (Å²) in [6.45, 7) is 6.31. The molecule has 0 spiro atoms. The lowest BCUT2D eigenvalue weighted by Crippen LogP contribution is -3.00. The molecule has 0 saturated heterocycles. The molecule has 2 heteroatoms. The first-order valence-corrected chi connectivity index (χ1v) is 8.27. The van der Waals surface area contributed by atoms with Gasteiger partial charge in [-0.1, -0.05) is 49.1 Å². The van der Waals surface area contributed by atoms with E-state index in [0.29, 0.717) is 0 Å². The molecule has 0 aliphatic rings. The van der Waals surface area contributed by atoms with Gasteiger partial charge in [0.05, 0.1) is 30.7 Å².